The summed E-state index contributed by atoms with van der Waals surface area (Å²) in [6, 6.07) is 75.6. The van der Waals surface area contributed by atoms with Crippen molar-refractivity contribution in [2.24, 2.45) is 0 Å². The lowest BCUT2D eigenvalue weighted by Gasteiger charge is -2.33. The SMILES string of the molecule is N#Cc1c(C2c3ccccc3-c3ccccc32)c(C2c3ccccc3-c3ccccc32)c(C#N)c(C2c3ccccc3-c3ccccc32)c1C1c2ccccc2-c2ccccc21. The van der Waals surface area contributed by atoms with Gasteiger partial charge in [0.1, 0.15) is 0 Å². The molecule has 0 amide bonds. The van der Waals surface area contributed by atoms with E-state index in [2.05, 4.69) is 206 Å². The molecule has 0 aliphatic heterocycles. The van der Waals surface area contributed by atoms with Gasteiger partial charge in [0, 0.05) is 23.7 Å². The molecule has 0 saturated heterocycles. The van der Waals surface area contributed by atoms with Crippen molar-refractivity contribution in [2.45, 2.75) is 23.7 Å². The van der Waals surface area contributed by atoms with Gasteiger partial charge in [-0.05, 0) is 111 Å². The summed E-state index contributed by atoms with van der Waals surface area (Å²) in [4.78, 5) is 0. The average molecular weight is 785 g/mol. The van der Waals surface area contributed by atoms with Crippen molar-refractivity contribution in [3.05, 3.63) is 272 Å². The summed E-state index contributed by atoms with van der Waals surface area (Å²) in [5.74, 6) is -1.16. The molecule has 0 N–H and O–H groups in total. The molecular formula is C60H36N2. The zero-order valence-corrected chi connectivity index (χ0v) is 33.7. The fraction of sp³-hybridized carbons (Fsp3) is 0.0667. The number of hydrogen-bond acceptors (Lipinski definition) is 2. The summed E-state index contributed by atoms with van der Waals surface area (Å²) in [7, 11) is 0. The monoisotopic (exact) mass is 784 g/mol. The van der Waals surface area contributed by atoms with Crippen LogP contribution >= 0.6 is 0 Å². The minimum absolute atomic E-state index is 0.290. The molecule has 2 nitrogen and oxygen atoms in total. The third-order valence-electron chi connectivity index (χ3n) is 14.4. The minimum Gasteiger partial charge on any atom is -0.192 e. The van der Waals surface area contributed by atoms with E-state index in [1.807, 2.05) is 0 Å². The van der Waals surface area contributed by atoms with Crippen molar-refractivity contribution >= 4 is 0 Å². The second kappa shape index (κ2) is 13.2. The van der Waals surface area contributed by atoms with Crippen LogP contribution in [0.1, 0.15) is 102 Å². The standard InChI is InChI=1S/C60H36N2/c61-33-51-57(53-43-25-9-1-17-35(43)36-18-2-10-26-44(36)53)58(54-45-27-11-3-19-37(45)38-20-4-12-28-46(38)54)52(34-62)60(56-49-31-15-7-23-41(49)42-24-8-16-32-50(42)56)59(51)55-47-29-13-5-21-39(47)40-22-6-14-30-48(40)55/h1-32,53-56H. The Hall–Kier alpha value is -8.04. The second-order valence-corrected chi connectivity index (χ2v) is 17.1. The van der Waals surface area contributed by atoms with Gasteiger partial charge in [0.05, 0.1) is 23.3 Å². The average Bonchev–Trinajstić information content (AvgIpc) is 4.06. The van der Waals surface area contributed by atoms with E-state index >= 15 is 0 Å². The van der Waals surface area contributed by atoms with Crippen LogP contribution in [0.15, 0.2) is 194 Å². The molecule has 4 aliphatic carbocycles. The summed E-state index contributed by atoms with van der Waals surface area (Å²) in [5, 5.41) is 24.7. The maximum atomic E-state index is 12.4. The van der Waals surface area contributed by atoms with Crippen molar-refractivity contribution in [1.29, 1.82) is 10.5 Å². The Bertz CT molecular complexity index is 2850. The van der Waals surface area contributed by atoms with Gasteiger partial charge in [0.15, 0.2) is 0 Å². The van der Waals surface area contributed by atoms with Gasteiger partial charge >= 0.3 is 0 Å². The molecule has 4 aliphatic rings. The maximum absolute atomic E-state index is 12.4. The van der Waals surface area contributed by atoms with Gasteiger partial charge in [-0.15, -0.1) is 0 Å². The molecule has 0 aromatic heterocycles. The van der Waals surface area contributed by atoms with Gasteiger partial charge in [-0.1, -0.05) is 194 Å². The molecule has 0 spiro atoms. The Kier molecular flexibility index (Phi) is 7.42. The van der Waals surface area contributed by atoms with Crippen LogP contribution in [-0.2, 0) is 0 Å². The predicted molar refractivity (Wildman–Crippen MR) is 247 cm³/mol. The van der Waals surface area contributed by atoms with E-state index in [0.29, 0.717) is 11.1 Å². The van der Waals surface area contributed by atoms with Crippen molar-refractivity contribution in [1.82, 2.24) is 0 Å². The van der Waals surface area contributed by atoms with Crippen molar-refractivity contribution < 1.29 is 0 Å². The number of nitrogens with zero attached hydrogens (tertiary/aromatic N) is 2. The Morgan fingerprint density at radius 1 is 0.226 bits per heavy atom. The van der Waals surface area contributed by atoms with Crippen LogP contribution in [0.2, 0.25) is 0 Å². The molecule has 0 atom stereocenters. The molecular weight excluding hydrogens is 749 g/mol. The smallest absolute Gasteiger partial charge is 0.0998 e. The van der Waals surface area contributed by atoms with Crippen molar-refractivity contribution in [3.63, 3.8) is 0 Å². The van der Waals surface area contributed by atoms with Crippen LogP contribution in [0.25, 0.3) is 44.5 Å². The van der Waals surface area contributed by atoms with E-state index in [-0.39, 0.29) is 23.7 Å². The lowest BCUT2D eigenvalue weighted by molar-refractivity contribution is 0.858. The molecule has 0 saturated carbocycles. The maximum Gasteiger partial charge on any atom is 0.0998 e. The normalized spacial score (nSPS) is 14.2. The number of fused-ring (bicyclic) bond motifs is 12. The van der Waals surface area contributed by atoms with E-state index in [4.69, 9.17) is 0 Å². The summed E-state index contributed by atoms with van der Waals surface area (Å²) >= 11 is 0. The van der Waals surface area contributed by atoms with Crippen molar-refractivity contribution in [3.8, 4) is 56.6 Å². The van der Waals surface area contributed by atoms with Gasteiger partial charge in [0.2, 0.25) is 0 Å². The Morgan fingerprint density at radius 2 is 0.371 bits per heavy atom. The first kappa shape index (κ1) is 34.8. The molecule has 286 valence electrons. The van der Waals surface area contributed by atoms with E-state index in [1.165, 1.54) is 44.5 Å². The van der Waals surface area contributed by atoms with E-state index < -0.39 is 0 Å². The summed E-state index contributed by atoms with van der Waals surface area (Å²) in [6.07, 6.45) is 0. The van der Waals surface area contributed by atoms with Gasteiger partial charge in [0.25, 0.3) is 0 Å². The van der Waals surface area contributed by atoms with Gasteiger partial charge < -0.3 is 0 Å². The first-order chi connectivity index (χ1) is 30.8. The lowest BCUT2D eigenvalue weighted by atomic mass is 9.67. The van der Waals surface area contributed by atoms with Crippen LogP contribution in [0.4, 0.5) is 0 Å². The van der Waals surface area contributed by atoms with E-state index in [0.717, 1.165) is 66.8 Å². The second-order valence-electron chi connectivity index (χ2n) is 17.1. The molecule has 0 radical (unpaired) electrons. The predicted octanol–water partition coefficient (Wildman–Crippen LogP) is 14.1. The zero-order valence-electron chi connectivity index (χ0n) is 33.7. The molecule has 0 heterocycles. The lowest BCUT2D eigenvalue weighted by Crippen LogP contribution is -2.21. The van der Waals surface area contributed by atoms with Gasteiger partial charge in [-0.2, -0.15) is 10.5 Å². The fourth-order valence-corrected chi connectivity index (χ4v) is 12.1. The Morgan fingerprint density at radius 3 is 0.516 bits per heavy atom. The Labute approximate surface area is 361 Å². The molecule has 13 rings (SSSR count). The number of benzene rings is 9. The Balaban J connectivity index is 1.27. The highest BCUT2D eigenvalue weighted by molar-refractivity contribution is 5.90. The number of hydrogen-bond donors (Lipinski definition) is 0. The van der Waals surface area contributed by atoms with Crippen LogP contribution in [0, 0.1) is 22.7 Å². The number of nitriles is 2. The van der Waals surface area contributed by atoms with E-state index in [1.54, 1.807) is 0 Å². The highest BCUT2D eigenvalue weighted by Gasteiger charge is 2.46. The highest BCUT2D eigenvalue weighted by Crippen LogP contribution is 2.61. The molecule has 62 heavy (non-hydrogen) atoms. The number of rotatable bonds is 4. The van der Waals surface area contributed by atoms with Crippen LogP contribution in [0.5, 0.6) is 0 Å². The fourth-order valence-electron chi connectivity index (χ4n) is 12.1. The quantitative estimate of drug-likeness (QED) is 0.178. The first-order valence-corrected chi connectivity index (χ1v) is 21.5. The van der Waals surface area contributed by atoms with E-state index in [9.17, 15) is 10.5 Å². The van der Waals surface area contributed by atoms with Gasteiger partial charge in [-0.3, -0.25) is 0 Å². The molecule has 9 aromatic rings. The third kappa shape index (κ3) is 4.56. The molecule has 0 unspecified atom stereocenters. The van der Waals surface area contributed by atoms with Crippen LogP contribution < -0.4 is 0 Å². The summed E-state index contributed by atoms with van der Waals surface area (Å²) < 4.78 is 0. The summed E-state index contributed by atoms with van der Waals surface area (Å²) in [5.41, 5.74) is 23.8. The third-order valence-corrected chi connectivity index (χ3v) is 14.4. The first-order valence-electron chi connectivity index (χ1n) is 21.5. The molecule has 0 bridgehead atoms. The van der Waals surface area contributed by atoms with Gasteiger partial charge in [-0.25, -0.2) is 0 Å². The van der Waals surface area contributed by atoms with Crippen molar-refractivity contribution in [2.75, 3.05) is 0 Å². The van der Waals surface area contributed by atoms with Crippen LogP contribution in [0.3, 0.4) is 0 Å². The zero-order chi connectivity index (χ0) is 41.1. The molecule has 2 heteroatoms. The summed E-state index contributed by atoms with van der Waals surface area (Å²) in [6.45, 7) is 0. The minimum atomic E-state index is -0.290. The highest BCUT2D eigenvalue weighted by atomic mass is 14.5. The molecule has 9 aromatic carbocycles. The van der Waals surface area contributed by atoms with Crippen LogP contribution in [-0.4, -0.2) is 0 Å². The molecule has 0 fully saturated rings. The topological polar surface area (TPSA) is 47.6 Å². The largest absolute Gasteiger partial charge is 0.192 e.